The molecular formula is C14H19N5O. The number of carbonyl (C=O) groups is 1. The van der Waals surface area contributed by atoms with Gasteiger partial charge in [0.25, 0.3) is 5.91 Å². The lowest BCUT2D eigenvalue weighted by Crippen LogP contribution is -2.32. The molecule has 106 valence electrons. The van der Waals surface area contributed by atoms with E-state index in [0.717, 1.165) is 37.3 Å². The standard InChI is InChI=1S/C14H19N5O/c20-14(16-10-11-3-8-17-18-11)13-2-1-9-19(13)12-4-6-15-7-5-12/h1-3,8-9,12,15H,4-7,10H2,(H,16,20)(H,17,18). The number of rotatable bonds is 4. The van der Waals surface area contributed by atoms with Crippen LogP contribution in [-0.2, 0) is 6.54 Å². The van der Waals surface area contributed by atoms with Gasteiger partial charge >= 0.3 is 0 Å². The van der Waals surface area contributed by atoms with Gasteiger partial charge in [-0.1, -0.05) is 0 Å². The highest BCUT2D eigenvalue weighted by molar-refractivity contribution is 5.92. The molecule has 2 aromatic heterocycles. The molecule has 1 fully saturated rings. The van der Waals surface area contributed by atoms with Crippen LogP contribution in [0.4, 0.5) is 0 Å². The van der Waals surface area contributed by atoms with Crippen LogP contribution in [0.3, 0.4) is 0 Å². The van der Waals surface area contributed by atoms with Crippen LogP contribution in [0.1, 0.15) is 35.1 Å². The summed E-state index contributed by atoms with van der Waals surface area (Å²) in [6.45, 7) is 2.49. The molecule has 1 aliphatic heterocycles. The average molecular weight is 273 g/mol. The molecule has 6 heteroatoms. The first-order valence-electron chi connectivity index (χ1n) is 6.98. The highest BCUT2D eigenvalue weighted by atomic mass is 16.1. The third-order valence-corrected chi connectivity index (χ3v) is 3.71. The van der Waals surface area contributed by atoms with Gasteiger partial charge < -0.3 is 15.2 Å². The van der Waals surface area contributed by atoms with Gasteiger partial charge in [-0.15, -0.1) is 0 Å². The molecule has 1 saturated heterocycles. The van der Waals surface area contributed by atoms with Crippen LogP contribution in [0.2, 0.25) is 0 Å². The number of aromatic nitrogens is 3. The van der Waals surface area contributed by atoms with Gasteiger partial charge in [0, 0.05) is 18.4 Å². The Bertz CT molecular complexity index is 554. The Morgan fingerprint density at radius 1 is 1.40 bits per heavy atom. The first kappa shape index (κ1) is 12.9. The van der Waals surface area contributed by atoms with Crippen LogP contribution >= 0.6 is 0 Å². The van der Waals surface area contributed by atoms with E-state index < -0.39 is 0 Å². The Kier molecular flexibility index (Phi) is 3.83. The highest BCUT2D eigenvalue weighted by Crippen LogP contribution is 2.21. The number of nitrogens with zero attached hydrogens (tertiary/aromatic N) is 2. The summed E-state index contributed by atoms with van der Waals surface area (Å²) in [5.74, 6) is -0.0388. The Morgan fingerprint density at radius 3 is 3.00 bits per heavy atom. The molecule has 0 saturated carbocycles. The second kappa shape index (κ2) is 5.92. The summed E-state index contributed by atoms with van der Waals surface area (Å²) in [5, 5.41) is 13.0. The van der Waals surface area contributed by atoms with Crippen LogP contribution in [0, 0.1) is 0 Å². The molecule has 0 aliphatic carbocycles. The second-order valence-corrected chi connectivity index (χ2v) is 5.05. The summed E-state index contributed by atoms with van der Waals surface area (Å²) in [6, 6.07) is 6.09. The summed E-state index contributed by atoms with van der Waals surface area (Å²) in [6.07, 6.45) is 5.81. The van der Waals surface area contributed by atoms with Crippen molar-refractivity contribution in [3.63, 3.8) is 0 Å². The van der Waals surface area contributed by atoms with Crippen molar-refractivity contribution >= 4 is 5.91 Å². The normalized spacial score (nSPS) is 16.2. The summed E-state index contributed by atoms with van der Waals surface area (Å²) < 4.78 is 2.10. The average Bonchev–Trinajstić information content (AvgIpc) is 3.17. The number of amides is 1. The molecule has 0 radical (unpaired) electrons. The van der Waals surface area contributed by atoms with Gasteiger partial charge in [-0.05, 0) is 44.1 Å². The third kappa shape index (κ3) is 2.75. The Balaban J connectivity index is 1.67. The molecule has 3 rings (SSSR count). The smallest absolute Gasteiger partial charge is 0.268 e. The molecular weight excluding hydrogens is 254 g/mol. The van der Waals surface area contributed by atoms with E-state index in [1.165, 1.54) is 0 Å². The van der Waals surface area contributed by atoms with Gasteiger partial charge in [0.15, 0.2) is 0 Å². The van der Waals surface area contributed by atoms with Crippen LogP contribution in [0.25, 0.3) is 0 Å². The van der Waals surface area contributed by atoms with Gasteiger partial charge in [0.2, 0.25) is 0 Å². The number of piperidine rings is 1. The lowest BCUT2D eigenvalue weighted by molar-refractivity contribution is 0.0937. The molecule has 3 N–H and O–H groups in total. The molecule has 0 atom stereocenters. The molecule has 2 aromatic rings. The molecule has 0 aromatic carbocycles. The zero-order chi connectivity index (χ0) is 13.8. The molecule has 1 amide bonds. The Morgan fingerprint density at radius 2 is 2.25 bits per heavy atom. The maximum atomic E-state index is 12.3. The molecule has 20 heavy (non-hydrogen) atoms. The van der Waals surface area contributed by atoms with Crippen molar-refractivity contribution in [2.24, 2.45) is 0 Å². The Labute approximate surface area is 117 Å². The largest absolute Gasteiger partial charge is 0.345 e. The SMILES string of the molecule is O=C(NCc1ccn[nH]1)c1cccn1C1CCNCC1. The number of carbonyl (C=O) groups excluding carboxylic acids is 1. The number of hydrogen-bond donors (Lipinski definition) is 3. The van der Waals surface area contributed by atoms with Gasteiger partial charge in [0.05, 0.1) is 12.2 Å². The van der Waals surface area contributed by atoms with Crippen molar-refractivity contribution in [1.82, 2.24) is 25.4 Å². The predicted molar refractivity (Wildman–Crippen MR) is 75.3 cm³/mol. The van der Waals surface area contributed by atoms with Crippen LogP contribution in [-0.4, -0.2) is 33.8 Å². The van der Waals surface area contributed by atoms with Crippen molar-refractivity contribution in [3.8, 4) is 0 Å². The minimum absolute atomic E-state index is 0.0388. The topological polar surface area (TPSA) is 74.7 Å². The molecule has 3 heterocycles. The maximum Gasteiger partial charge on any atom is 0.268 e. The molecule has 0 bridgehead atoms. The maximum absolute atomic E-state index is 12.3. The molecule has 1 aliphatic rings. The highest BCUT2D eigenvalue weighted by Gasteiger charge is 2.19. The fraction of sp³-hybridized carbons (Fsp3) is 0.429. The van der Waals surface area contributed by atoms with Crippen molar-refractivity contribution in [2.75, 3.05) is 13.1 Å². The van der Waals surface area contributed by atoms with Gasteiger partial charge in [0.1, 0.15) is 5.69 Å². The van der Waals surface area contributed by atoms with Crippen LogP contribution in [0.15, 0.2) is 30.6 Å². The Hall–Kier alpha value is -2.08. The minimum atomic E-state index is -0.0388. The zero-order valence-corrected chi connectivity index (χ0v) is 11.3. The van der Waals surface area contributed by atoms with Crippen molar-refractivity contribution in [3.05, 3.63) is 42.0 Å². The van der Waals surface area contributed by atoms with Crippen molar-refractivity contribution in [1.29, 1.82) is 0 Å². The van der Waals surface area contributed by atoms with Gasteiger partial charge in [-0.3, -0.25) is 9.89 Å². The van der Waals surface area contributed by atoms with E-state index in [4.69, 9.17) is 0 Å². The van der Waals surface area contributed by atoms with E-state index >= 15 is 0 Å². The van der Waals surface area contributed by atoms with Crippen molar-refractivity contribution < 1.29 is 4.79 Å². The summed E-state index contributed by atoms with van der Waals surface area (Å²) in [4.78, 5) is 12.3. The first-order chi connectivity index (χ1) is 9.84. The molecule has 0 spiro atoms. The van der Waals surface area contributed by atoms with Crippen LogP contribution in [0.5, 0.6) is 0 Å². The van der Waals surface area contributed by atoms with E-state index in [9.17, 15) is 4.79 Å². The number of H-pyrrole nitrogens is 1. The van der Waals surface area contributed by atoms with E-state index in [1.54, 1.807) is 6.20 Å². The fourth-order valence-electron chi connectivity index (χ4n) is 2.64. The number of hydrogen-bond acceptors (Lipinski definition) is 3. The summed E-state index contributed by atoms with van der Waals surface area (Å²) in [5.41, 5.74) is 1.63. The van der Waals surface area contributed by atoms with Crippen LogP contribution < -0.4 is 10.6 Å². The van der Waals surface area contributed by atoms with E-state index in [2.05, 4.69) is 25.4 Å². The third-order valence-electron chi connectivity index (χ3n) is 3.71. The predicted octanol–water partition coefficient (Wildman–Crippen LogP) is 1.07. The number of nitrogens with one attached hydrogen (secondary N) is 3. The fourth-order valence-corrected chi connectivity index (χ4v) is 2.64. The summed E-state index contributed by atoms with van der Waals surface area (Å²) >= 11 is 0. The van der Waals surface area contributed by atoms with Gasteiger partial charge in [-0.25, -0.2) is 0 Å². The van der Waals surface area contributed by atoms with Crippen molar-refractivity contribution in [2.45, 2.75) is 25.4 Å². The summed E-state index contributed by atoms with van der Waals surface area (Å²) in [7, 11) is 0. The van der Waals surface area contributed by atoms with E-state index in [0.29, 0.717) is 12.6 Å². The monoisotopic (exact) mass is 273 g/mol. The lowest BCUT2D eigenvalue weighted by Gasteiger charge is -2.25. The second-order valence-electron chi connectivity index (χ2n) is 5.05. The van der Waals surface area contributed by atoms with Gasteiger partial charge in [-0.2, -0.15) is 5.10 Å². The number of aromatic amines is 1. The van der Waals surface area contributed by atoms with E-state index in [-0.39, 0.29) is 5.91 Å². The van der Waals surface area contributed by atoms with E-state index in [1.807, 2.05) is 24.4 Å². The lowest BCUT2D eigenvalue weighted by atomic mass is 10.1. The first-order valence-corrected chi connectivity index (χ1v) is 6.98. The minimum Gasteiger partial charge on any atom is -0.345 e. The molecule has 0 unspecified atom stereocenters. The quantitative estimate of drug-likeness (QED) is 0.780. The zero-order valence-electron chi connectivity index (χ0n) is 11.3. The molecule has 6 nitrogen and oxygen atoms in total.